The van der Waals surface area contributed by atoms with Crippen LogP contribution in [0.2, 0.25) is 0 Å². The van der Waals surface area contributed by atoms with Crippen molar-refractivity contribution in [2.24, 2.45) is 11.3 Å². The molecule has 0 radical (unpaired) electrons. The molecule has 0 saturated carbocycles. The first-order valence-corrected chi connectivity index (χ1v) is 13.4. The molecule has 1 rings (SSSR count). The van der Waals surface area contributed by atoms with Gasteiger partial charge in [0.2, 0.25) is 5.91 Å². The fourth-order valence-corrected chi connectivity index (χ4v) is 3.85. The lowest BCUT2D eigenvalue weighted by molar-refractivity contribution is -0.139. The van der Waals surface area contributed by atoms with Gasteiger partial charge in [-0.3, -0.25) is 9.59 Å². The largest absolute Gasteiger partial charge is 0.463 e. The molecule has 218 valence electrons. The van der Waals surface area contributed by atoms with E-state index in [4.69, 9.17) is 9.47 Å². The lowest BCUT2D eigenvalue weighted by Gasteiger charge is -2.37. The maximum Gasteiger partial charge on any atom is 0.407 e. The predicted molar refractivity (Wildman–Crippen MR) is 152 cm³/mol. The maximum atomic E-state index is 13.7. The van der Waals surface area contributed by atoms with Crippen LogP contribution in [-0.2, 0) is 25.6 Å². The molecule has 0 spiro atoms. The van der Waals surface area contributed by atoms with Crippen molar-refractivity contribution in [2.45, 2.75) is 93.5 Å². The molecule has 1 aromatic carbocycles. The molecule has 0 saturated heterocycles. The van der Waals surface area contributed by atoms with Crippen molar-refractivity contribution in [1.82, 2.24) is 15.5 Å². The summed E-state index contributed by atoms with van der Waals surface area (Å²) in [5.74, 6) is -1.10. The number of hydrogen-bond donors (Lipinski definition) is 2. The number of alkyl carbamates (subject to hydrolysis) is 1. The summed E-state index contributed by atoms with van der Waals surface area (Å²) in [6.07, 6.45) is 1.19. The first kappa shape index (κ1) is 33.7. The average Bonchev–Trinajstić information content (AvgIpc) is 2.81. The van der Waals surface area contributed by atoms with Gasteiger partial charge >= 0.3 is 12.1 Å². The zero-order valence-electron chi connectivity index (χ0n) is 25.4. The molecule has 1 unspecified atom stereocenters. The van der Waals surface area contributed by atoms with Crippen LogP contribution in [0.4, 0.5) is 4.79 Å². The minimum absolute atomic E-state index is 0.00815. The Morgan fingerprint density at radius 3 is 2.18 bits per heavy atom. The summed E-state index contributed by atoms with van der Waals surface area (Å²) in [4.78, 5) is 52.8. The van der Waals surface area contributed by atoms with Crippen molar-refractivity contribution in [3.8, 4) is 0 Å². The number of carbonyl (C=O) groups is 4. The summed E-state index contributed by atoms with van der Waals surface area (Å²) in [5, 5.41) is 5.59. The van der Waals surface area contributed by atoms with Crippen molar-refractivity contribution in [2.75, 3.05) is 13.7 Å². The highest BCUT2D eigenvalue weighted by Crippen LogP contribution is 2.24. The van der Waals surface area contributed by atoms with Crippen molar-refractivity contribution in [1.29, 1.82) is 0 Å². The molecule has 0 bridgehead atoms. The zero-order chi connectivity index (χ0) is 30.1. The van der Waals surface area contributed by atoms with E-state index in [0.29, 0.717) is 16.7 Å². The SMILES string of the molecule is CCOC(=O)/C(C)=C/[C@H](C(C)C)N(C)C(=O)C(NC(=O)c1cccc(CNC(=O)OC(C)(C)C)c1)C(C)(C)C. The van der Waals surface area contributed by atoms with Crippen LogP contribution in [0.15, 0.2) is 35.9 Å². The fraction of sp³-hybridized carbons (Fsp3) is 0.600. The Hall–Kier alpha value is -3.36. The summed E-state index contributed by atoms with van der Waals surface area (Å²) >= 11 is 0. The quantitative estimate of drug-likeness (QED) is 0.321. The van der Waals surface area contributed by atoms with Crippen LogP contribution < -0.4 is 10.6 Å². The molecule has 3 amide bonds. The minimum atomic E-state index is -0.837. The van der Waals surface area contributed by atoms with Crippen molar-refractivity contribution < 1.29 is 28.7 Å². The molecule has 9 heteroatoms. The first-order chi connectivity index (χ1) is 17.9. The van der Waals surface area contributed by atoms with Crippen molar-refractivity contribution in [3.05, 3.63) is 47.0 Å². The molecule has 2 N–H and O–H groups in total. The standard InChI is InChI=1S/C30H47N3O6/c1-12-38-27(36)20(4)16-23(19(2)3)33(11)26(35)24(29(5,6)7)32-25(34)22-15-13-14-21(17-22)18-31-28(37)39-30(8,9)10/h13-17,19,23-24H,12,18H2,1-11H3,(H,31,37)(H,32,34)/b20-16+/t23-,24?/m1/s1. The molecule has 0 heterocycles. The second-order valence-corrected chi connectivity index (χ2v) is 12.1. The van der Waals surface area contributed by atoms with Crippen LogP contribution in [0.1, 0.15) is 85.2 Å². The molecular formula is C30H47N3O6. The molecule has 2 atom stereocenters. The summed E-state index contributed by atoms with van der Waals surface area (Å²) in [6, 6.07) is 5.62. The number of esters is 1. The van der Waals surface area contributed by atoms with Crippen molar-refractivity contribution >= 4 is 23.9 Å². The van der Waals surface area contributed by atoms with Crippen LogP contribution in [0.3, 0.4) is 0 Å². The summed E-state index contributed by atoms with van der Waals surface area (Å²) in [6.45, 7) is 18.8. The van der Waals surface area contributed by atoms with E-state index in [2.05, 4.69) is 10.6 Å². The Labute approximate surface area is 233 Å². The lowest BCUT2D eigenvalue weighted by atomic mass is 9.85. The summed E-state index contributed by atoms with van der Waals surface area (Å²) in [5.41, 5.74) is 0.280. The Morgan fingerprint density at radius 1 is 1.05 bits per heavy atom. The number of nitrogens with one attached hydrogen (secondary N) is 2. The minimum Gasteiger partial charge on any atom is -0.463 e. The number of ether oxygens (including phenoxy) is 2. The Bertz CT molecular complexity index is 1050. The van der Waals surface area contributed by atoms with Gasteiger partial charge in [-0.1, -0.05) is 52.8 Å². The highest BCUT2D eigenvalue weighted by Gasteiger charge is 2.37. The van der Waals surface area contributed by atoms with Crippen molar-refractivity contribution in [3.63, 3.8) is 0 Å². The van der Waals surface area contributed by atoms with Crippen LogP contribution in [0, 0.1) is 11.3 Å². The molecule has 0 aliphatic heterocycles. The molecular weight excluding hydrogens is 498 g/mol. The number of carbonyl (C=O) groups excluding carboxylic acids is 4. The third kappa shape index (κ3) is 11.1. The highest BCUT2D eigenvalue weighted by atomic mass is 16.6. The zero-order valence-corrected chi connectivity index (χ0v) is 25.4. The Kier molecular flexibility index (Phi) is 12.2. The van der Waals surface area contributed by atoms with E-state index in [1.54, 1.807) is 76.9 Å². The number of benzene rings is 1. The smallest absolute Gasteiger partial charge is 0.407 e. The molecule has 39 heavy (non-hydrogen) atoms. The summed E-state index contributed by atoms with van der Waals surface area (Å²) in [7, 11) is 1.68. The predicted octanol–water partition coefficient (Wildman–Crippen LogP) is 4.85. The molecule has 0 fully saturated rings. The van der Waals surface area contributed by atoms with E-state index >= 15 is 0 Å². The molecule has 9 nitrogen and oxygen atoms in total. The second kappa shape index (κ2) is 14.1. The van der Waals surface area contributed by atoms with Crippen LogP contribution in [-0.4, -0.2) is 60.1 Å². The summed E-state index contributed by atoms with van der Waals surface area (Å²) < 4.78 is 10.4. The number of likely N-dealkylation sites (N-methyl/N-ethyl adjacent to an activating group) is 1. The third-order valence-corrected chi connectivity index (χ3v) is 5.91. The number of nitrogens with zero attached hydrogens (tertiary/aromatic N) is 1. The lowest BCUT2D eigenvalue weighted by Crippen LogP contribution is -2.56. The molecule has 1 aromatic rings. The van der Waals surface area contributed by atoms with E-state index in [-0.39, 0.29) is 31.0 Å². The van der Waals surface area contributed by atoms with Gasteiger partial charge in [-0.15, -0.1) is 0 Å². The normalized spacial score (nSPS) is 13.8. The Morgan fingerprint density at radius 2 is 1.67 bits per heavy atom. The highest BCUT2D eigenvalue weighted by molar-refractivity contribution is 5.98. The van der Waals surface area contributed by atoms with Gasteiger partial charge in [-0.25, -0.2) is 9.59 Å². The topological polar surface area (TPSA) is 114 Å². The molecule has 0 aromatic heterocycles. The van der Waals surface area contributed by atoms with Gasteiger partial charge in [0.05, 0.1) is 12.6 Å². The van der Waals surface area contributed by atoms with E-state index < -0.39 is 35.0 Å². The first-order valence-electron chi connectivity index (χ1n) is 13.4. The van der Waals surface area contributed by atoms with Gasteiger partial charge < -0.3 is 25.0 Å². The van der Waals surface area contributed by atoms with Gasteiger partial charge in [-0.05, 0) is 63.6 Å². The monoisotopic (exact) mass is 545 g/mol. The van der Waals surface area contributed by atoms with Gasteiger partial charge in [0, 0.05) is 24.7 Å². The van der Waals surface area contributed by atoms with Gasteiger partial charge in [0.1, 0.15) is 11.6 Å². The van der Waals surface area contributed by atoms with Crippen LogP contribution in [0.5, 0.6) is 0 Å². The average molecular weight is 546 g/mol. The third-order valence-electron chi connectivity index (χ3n) is 5.91. The molecule has 0 aliphatic rings. The number of rotatable bonds is 10. The van der Waals surface area contributed by atoms with Crippen LogP contribution in [0.25, 0.3) is 0 Å². The van der Waals surface area contributed by atoms with E-state index in [1.807, 2.05) is 34.6 Å². The van der Waals surface area contributed by atoms with Gasteiger partial charge in [0.15, 0.2) is 0 Å². The maximum absolute atomic E-state index is 13.7. The van der Waals surface area contributed by atoms with E-state index in [0.717, 1.165) is 0 Å². The van der Waals surface area contributed by atoms with E-state index in [9.17, 15) is 19.2 Å². The Balaban J connectivity index is 3.12. The molecule has 0 aliphatic carbocycles. The van der Waals surface area contributed by atoms with Gasteiger partial charge in [-0.2, -0.15) is 0 Å². The number of amides is 3. The number of hydrogen-bond acceptors (Lipinski definition) is 6. The van der Waals surface area contributed by atoms with Crippen LogP contribution >= 0.6 is 0 Å². The van der Waals surface area contributed by atoms with E-state index in [1.165, 1.54) is 0 Å². The second-order valence-electron chi connectivity index (χ2n) is 12.1. The fourth-order valence-electron chi connectivity index (χ4n) is 3.85. The van der Waals surface area contributed by atoms with Gasteiger partial charge in [0.25, 0.3) is 5.91 Å².